The molecule has 0 aliphatic carbocycles. The van der Waals surface area contributed by atoms with Crippen molar-refractivity contribution in [2.24, 2.45) is 5.92 Å². The fraction of sp³-hybridized carbons (Fsp3) is 0.267. The van der Waals surface area contributed by atoms with Crippen LogP contribution in [0.25, 0.3) is 21.5 Å². The van der Waals surface area contributed by atoms with E-state index in [1.54, 1.807) is 6.07 Å². The zero-order valence-electron chi connectivity index (χ0n) is 20.2. The molecular formula is C30H31N3O3. The van der Waals surface area contributed by atoms with Gasteiger partial charge in [0, 0.05) is 12.5 Å². The maximum Gasteiger partial charge on any atom is 0.412 e. The van der Waals surface area contributed by atoms with Gasteiger partial charge in [-0.05, 0) is 71.6 Å². The number of hydrogen-bond acceptors (Lipinski definition) is 4. The standard InChI is InChI=1S/C30H31N3O3/c34-29(24-13-15-31-16-14-24)33-27(18-21-9-10-22-5-1-3-7-25(22)17-21)20-32-30(35)36-28-12-11-23-6-2-4-8-26(23)19-28/h1-12,17,19,24,27,31H,13-16,18,20H2,(H,32,35)(H,33,34). The lowest BCUT2D eigenvalue weighted by molar-refractivity contribution is -0.126. The minimum Gasteiger partial charge on any atom is -0.410 e. The van der Waals surface area contributed by atoms with Gasteiger partial charge < -0.3 is 20.7 Å². The van der Waals surface area contributed by atoms with Gasteiger partial charge in [0.05, 0.1) is 6.04 Å². The molecule has 1 fully saturated rings. The monoisotopic (exact) mass is 481 g/mol. The maximum absolute atomic E-state index is 13.0. The van der Waals surface area contributed by atoms with Crippen molar-refractivity contribution >= 4 is 33.5 Å². The number of nitrogens with one attached hydrogen (secondary N) is 3. The first-order valence-corrected chi connectivity index (χ1v) is 12.6. The van der Waals surface area contributed by atoms with Crippen LogP contribution in [0.2, 0.25) is 0 Å². The highest BCUT2D eigenvalue weighted by Gasteiger charge is 2.24. The molecule has 0 aromatic heterocycles. The number of fused-ring (bicyclic) bond motifs is 2. The van der Waals surface area contributed by atoms with Gasteiger partial charge in [0.15, 0.2) is 0 Å². The molecule has 1 saturated heterocycles. The first-order chi connectivity index (χ1) is 17.6. The summed E-state index contributed by atoms with van der Waals surface area (Å²) in [6, 6.07) is 27.8. The van der Waals surface area contributed by atoms with Crippen molar-refractivity contribution in [1.82, 2.24) is 16.0 Å². The van der Waals surface area contributed by atoms with E-state index >= 15 is 0 Å². The van der Waals surface area contributed by atoms with Gasteiger partial charge in [-0.25, -0.2) is 4.79 Å². The highest BCUT2D eigenvalue weighted by atomic mass is 16.6. The van der Waals surface area contributed by atoms with Gasteiger partial charge in [-0.3, -0.25) is 4.79 Å². The SMILES string of the molecule is O=C(NCC(Cc1ccc2ccccc2c1)NC(=O)C1CCNCC1)Oc1ccc2ccccc2c1. The highest BCUT2D eigenvalue weighted by molar-refractivity contribution is 5.85. The second-order valence-electron chi connectivity index (χ2n) is 9.39. The Labute approximate surface area is 211 Å². The lowest BCUT2D eigenvalue weighted by Crippen LogP contribution is -2.48. The summed E-state index contributed by atoms with van der Waals surface area (Å²) in [4.78, 5) is 25.6. The Morgan fingerprint density at radius 1 is 0.833 bits per heavy atom. The zero-order valence-corrected chi connectivity index (χ0v) is 20.2. The Hall–Kier alpha value is -3.90. The number of piperidine rings is 1. The number of benzene rings is 4. The molecule has 4 aromatic rings. The number of rotatable bonds is 7. The molecule has 6 nitrogen and oxygen atoms in total. The number of amides is 2. The van der Waals surface area contributed by atoms with Crippen LogP contribution in [0.1, 0.15) is 18.4 Å². The van der Waals surface area contributed by atoms with E-state index in [9.17, 15) is 9.59 Å². The quantitative estimate of drug-likeness (QED) is 0.354. The van der Waals surface area contributed by atoms with Crippen molar-refractivity contribution in [3.05, 3.63) is 90.5 Å². The number of hydrogen-bond donors (Lipinski definition) is 3. The van der Waals surface area contributed by atoms with Crippen LogP contribution in [0.15, 0.2) is 84.9 Å². The molecule has 3 N–H and O–H groups in total. The number of carbonyl (C=O) groups is 2. The molecule has 1 aliphatic rings. The summed E-state index contributed by atoms with van der Waals surface area (Å²) in [5, 5.41) is 13.8. The topological polar surface area (TPSA) is 79.5 Å². The summed E-state index contributed by atoms with van der Waals surface area (Å²) in [6.45, 7) is 1.98. The summed E-state index contributed by atoms with van der Waals surface area (Å²) in [6.07, 6.45) is 1.72. The average molecular weight is 482 g/mol. The Kier molecular flexibility index (Phi) is 7.43. The minimum absolute atomic E-state index is 0.00472. The molecule has 6 heteroatoms. The Morgan fingerprint density at radius 2 is 1.47 bits per heavy atom. The van der Waals surface area contributed by atoms with Crippen molar-refractivity contribution in [3.8, 4) is 5.75 Å². The van der Waals surface area contributed by atoms with E-state index in [-0.39, 0.29) is 24.4 Å². The highest BCUT2D eigenvalue weighted by Crippen LogP contribution is 2.21. The van der Waals surface area contributed by atoms with Crippen LogP contribution >= 0.6 is 0 Å². The van der Waals surface area contributed by atoms with Gasteiger partial charge in [-0.1, -0.05) is 72.8 Å². The Balaban J connectivity index is 1.25. The molecule has 2 amide bonds. The molecule has 4 aromatic carbocycles. The Morgan fingerprint density at radius 3 is 2.19 bits per heavy atom. The van der Waals surface area contributed by atoms with E-state index in [0.717, 1.165) is 47.7 Å². The summed E-state index contributed by atoms with van der Waals surface area (Å²) in [5.74, 6) is 0.526. The van der Waals surface area contributed by atoms with Gasteiger partial charge in [0.2, 0.25) is 5.91 Å². The van der Waals surface area contributed by atoms with Gasteiger partial charge in [-0.15, -0.1) is 0 Å². The molecule has 0 spiro atoms. The van der Waals surface area contributed by atoms with Crippen molar-refractivity contribution < 1.29 is 14.3 Å². The smallest absolute Gasteiger partial charge is 0.410 e. The first-order valence-electron chi connectivity index (χ1n) is 12.6. The predicted molar refractivity (Wildman–Crippen MR) is 143 cm³/mol. The minimum atomic E-state index is -0.537. The third-order valence-corrected chi connectivity index (χ3v) is 6.78. The van der Waals surface area contributed by atoms with Crippen LogP contribution in [0.5, 0.6) is 5.75 Å². The van der Waals surface area contributed by atoms with Crippen LogP contribution in [-0.4, -0.2) is 37.7 Å². The van der Waals surface area contributed by atoms with Crippen molar-refractivity contribution in [2.75, 3.05) is 19.6 Å². The van der Waals surface area contributed by atoms with Gasteiger partial charge in [0.25, 0.3) is 0 Å². The van der Waals surface area contributed by atoms with Crippen molar-refractivity contribution in [1.29, 1.82) is 0 Å². The molecular weight excluding hydrogens is 450 g/mol. The van der Waals surface area contributed by atoms with Crippen LogP contribution in [-0.2, 0) is 11.2 Å². The molecule has 0 saturated carbocycles. The zero-order chi connectivity index (χ0) is 24.7. The predicted octanol–water partition coefficient (Wildman–Crippen LogP) is 4.81. The van der Waals surface area contributed by atoms with Gasteiger partial charge in [-0.2, -0.15) is 0 Å². The molecule has 0 bridgehead atoms. The van der Waals surface area contributed by atoms with E-state index in [1.807, 2.05) is 48.5 Å². The molecule has 0 radical (unpaired) electrons. The second-order valence-corrected chi connectivity index (χ2v) is 9.39. The van der Waals surface area contributed by atoms with Crippen LogP contribution < -0.4 is 20.7 Å². The van der Waals surface area contributed by atoms with E-state index in [1.165, 1.54) is 5.39 Å². The average Bonchev–Trinajstić information content (AvgIpc) is 2.92. The van der Waals surface area contributed by atoms with Gasteiger partial charge in [0.1, 0.15) is 5.75 Å². The van der Waals surface area contributed by atoms with Crippen LogP contribution in [0.3, 0.4) is 0 Å². The normalized spacial score (nSPS) is 14.9. The third kappa shape index (κ3) is 6.01. The summed E-state index contributed by atoms with van der Waals surface area (Å²) >= 11 is 0. The molecule has 1 unspecified atom stereocenters. The molecule has 1 aliphatic heterocycles. The fourth-order valence-electron chi connectivity index (χ4n) is 4.81. The summed E-state index contributed by atoms with van der Waals surface area (Å²) in [7, 11) is 0. The van der Waals surface area contributed by atoms with Crippen molar-refractivity contribution in [3.63, 3.8) is 0 Å². The summed E-state index contributed by atoms with van der Waals surface area (Å²) < 4.78 is 5.53. The van der Waals surface area contributed by atoms with E-state index < -0.39 is 6.09 Å². The first kappa shape index (κ1) is 23.8. The maximum atomic E-state index is 13.0. The van der Waals surface area contributed by atoms with Gasteiger partial charge >= 0.3 is 6.09 Å². The van der Waals surface area contributed by atoms with E-state index in [4.69, 9.17) is 4.74 Å². The molecule has 36 heavy (non-hydrogen) atoms. The second kappa shape index (κ2) is 11.2. The summed E-state index contributed by atoms with van der Waals surface area (Å²) in [5.41, 5.74) is 1.11. The molecule has 184 valence electrons. The van der Waals surface area contributed by atoms with Crippen LogP contribution in [0.4, 0.5) is 4.79 Å². The number of carbonyl (C=O) groups excluding carboxylic acids is 2. The lowest BCUT2D eigenvalue weighted by Gasteiger charge is -2.26. The van der Waals surface area contributed by atoms with Crippen LogP contribution in [0, 0.1) is 5.92 Å². The Bertz CT molecular complexity index is 1360. The van der Waals surface area contributed by atoms with E-state index in [0.29, 0.717) is 12.2 Å². The fourth-order valence-corrected chi connectivity index (χ4v) is 4.81. The molecule has 1 atom stereocenters. The number of ether oxygens (including phenoxy) is 1. The lowest BCUT2D eigenvalue weighted by atomic mass is 9.96. The largest absolute Gasteiger partial charge is 0.412 e. The third-order valence-electron chi connectivity index (χ3n) is 6.78. The molecule has 1 heterocycles. The van der Waals surface area contributed by atoms with Crippen molar-refractivity contribution in [2.45, 2.75) is 25.3 Å². The van der Waals surface area contributed by atoms with E-state index in [2.05, 4.69) is 46.3 Å². The molecule has 5 rings (SSSR count).